The first-order valence-corrected chi connectivity index (χ1v) is 6.39. The Labute approximate surface area is 115 Å². The highest BCUT2D eigenvalue weighted by Gasteiger charge is 2.04. The van der Waals surface area contributed by atoms with Crippen molar-refractivity contribution >= 4 is 22.2 Å². The summed E-state index contributed by atoms with van der Waals surface area (Å²) < 4.78 is 6.86. The second-order valence-corrected chi connectivity index (χ2v) is 5.01. The topological polar surface area (TPSA) is 26.3 Å². The number of benzene rings is 2. The predicted octanol–water partition coefficient (Wildman–Crippen LogP) is 4.67. The maximum Gasteiger partial charge on any atom is 0.150 e. The third-order valence-corrected chi connectivity index (χ3v) is 3.60. The standard InChI is InChI=1S/C15H13BrO2/c1-10-3-4-12(9-17)8-15(10)18-13-5-6-14(16)11(2)7-13/h3-9H,1-2H3. The lowest BCUT2D eigenvalue weighted by Gasteiger charge is -2.10. The highest BCUT2D eigenvalue weighted by atomic mass is 79.9. The summed E-state index contributed by atoms with van der Waals surface area (Å²) in [6.45, 7) is 3.96. The summed E-state index contributed by atoms with van der Waals surface area (Å²) in [4.78, 5) is 10.8. The zero-order valence-electron chi connectivity index (χ0n) is 10.2. The molecule has 0 fully saturated rings. The minimum atomic E-state index is 0.615. The molecule has 2 rings (SSSR count). The van der Waals surface area contributed by atoms with Crippen LogP contribution in [0.15, 0.2) is 40.9 Å². The van der Waals surface area contributed by atoms with E-state index in [-0.39, 0.29) is 0 Å². The Kier molecular flexibility index (Phi) is 3.82. The van der Waals surface area contributed by atoms with Crippen LogP contribution in [0.3, 0.4) is 0 Å². The van der Waals surface area contributed by atoms with Crippen molar-refractivity contribution < 1.29 is 9.53 Å². The van der Waals surface area contributed by atoms with Crippen LogP contribution in [0.25, 0.3) is 0 Å². The van der Waals surface area contributed by atoms with Gasteiger partial charge in [0, 0.05) is 10.0 Å². The smallest absolute Gasteiger partial charge is 0.150 e. The highest BCUT2D eigenvalue weighted by molar-refractivity contribution is 9.10. The Morgan fingerprint density at radius 1 is 1.06 bits per heavy atom. The van der Waals surface area contributed by atoms with Crippen LogP contribution in [0.1, 0.15) is 21.5 Å². The van der Waals surface area contributed by atoms with Gasteiger partial charge in [-0.05, 0) is 49.2 Å². The Morgan fingerprint density at radius 2 is 1.83 bits per heavy atom. The molecule has 0 saturated heterocycles. The fourth-order valence-corrected chi connectivity index (χ4v) is 1.85. The van der Waals surface area contributed by atoms with Gasteiger partial charge in [0.1, 0.15) is 17.8 Å². The molecule has 2 aromatic rings. The van der Waals surface area contributed by atoms with Crippen molar-refractivity contribution in [2.75, 3.05) is 0 Å². The van der Waals surface area contributed by atoms with E-state index in [0.29, 0.717) is 11.3 Å². The zero-order valence-corrected chi connectivity index (χ0v) is 11.8. The number of ether oxygens (including phenoxy) is 1. The summed E-state index contributed by atoms with van der Waals surface area (Å²) in [6.07, 6.45) is 0.819. The largest absolute Gasteiger partial charge is 0.457 e. The molecule has 92 valence electrons. The van der Waals surface area contributed by atoms with E-state index in [0.717, 1.165) is 27.6 Å². The molecule has 18 heavy (non-hydrogen) atoms. The summed E-state index contributed by atoms with van der Waals surface area (Å²) >= 11 is 3.45. The first-order chi connectivity index (χ1) is 8.60. The molecule has 2 nitrogen and oxygen atoms in total. The van der Waals surface area contributed by atoms with E-state index >= 15 is 0 Å². The minimum absolute atomic E-state index is 0.615. The van der Waals surface area contributed by atoms with Crippen LogP contribution in [0.2, 0.25) is 0 Å². The second-order valence-electron chi connectivity index (χ2n) is 4.16. The lowest BCUT2D eigenvalue weighted by atomic mass is 10.1. The molecule has 3 heteroatoms. The molecule has 0 unspecified atom stereocenters. The van der Waals surface area contributed by atoms with Crippen molar-refractivity contribution in [3.8, 4) is 11.5 Å². The number of aldehydes is 1. The SMILES string of the molecule is Cc1cc(Oc2cc(C=O)ccc2C)ccc1Br. The number of rotatable bonds is 3. The lowest BCUT2D eigenvalue weighted by molar-refractivity contribution is 0.112. The Bertz CT molecular complexity index is 591. The Morgan fingerprint density at radius 3 is 2.50 bits per heavy atom. The van der Waals surface area contributed by atoms with E-state index in [1.807, 2.05) is 38.1 Å². The molecular weight excluding hydrogens is 292 g/mol. The number of aryl methyl sites for hydroxylation is 2. The lowest BCUT2D eigenvalue weighted by Crippen LogP contribution is -1.90. The van der Waals surface area contributed by atoms with Gasteiger partial charge < -0.3 is 4.74 Å². The van der Waals surface area contributed by atoms with Crippen LogP contribution in [0.4, 0.5) is 0 Å². The molecule has 0 amide bonds. The van der Waals surface area contributed by atoms with E-state index in [4.69, 9.17) is 4.74 Å². The van der Waals surface area contributed by atoms with Crippen LogP contribution >= 0.6 is 15.9 Å². The summed E-state index contributed by atoms with van der Waals surface area (Å²) in [5.41, 5.74) is 2.72. The summed E-state index contributed by atoms with van der Waals surface area (Å²) in [5, 5.41) is 0. The molecule has 2 aromatic carbocycles. The van der Waals surface area contributed by atoms with Gasteiger partial charge in [0.25, 0.3) is 0 Å². The molecule has 0 atom stereocenters. The summed E-state index contributed by atoms with van der Waals surface area (Å²) in [6, 6.07) is 11.2. The van der Waals surface area contributed by atoms with Crippen molar-refractivity contribution in [3.63, 3.8) is 0 Å². The van der Waals surface area contributed by atoms with Crippen molar-refractivity contribution in [1.82, 2.24) is 0 Å². The molecule has 0 N–H and O–H groups in total. The van der Waals surface area contributed by atoms with Crippen LogP contribution in [0, 0.1) is 13.8 Å². The molecular formula is C15H13BrO2. The van der Waals surface area contributed by atoms with E-state index in [1.165, 1.54) is 0 Å². The fourth-order valence-electron chi connectivity index (χ4n) is 1.61. The van der Waals surface area contributed by atoms with Gasteiger partial charge in [-0.1, -0.05) is 28.1 Å². The Hall–Kier alpha value is -1.61. The third kappa shape index (κ3) is 2.79. The van der Waals surface area contributed by atoms with Gasteiger partial charge in [-0.3, -0.25) is 4.79 Å². The average molecular weight is 305 g/mol. The maximum atomic E-state index is 10.8. The van der Waals surface area contributed by atoms with Crippen LogP contribution in [0.5, 0.6) is 11.5 Å². The number of carbonyl (C=O) groups is 1. The first kappa shape index (κ1) is 12.8. The normalized spacial score (nSPS) is 10.2. The van der Waals surface area contributed by atoms with Gasteiger partial charge in [0.2, 0.25) is 0 Å². The monoisotopic (exact) mass is 304 g/mol. The van der Waals surface area contributed by atoms with Gasteiger partial charge in [-0.2, -0.15) is 0 Å². The van der Waals surface area contributed by atoms with E-state index in [1.54, 1.807) is 12.1 Å². The molecule has 0 spiro atoms. The molecule has 0 aromatic heterocycles. The molecule has 0 aliphatic carbocycles. The van der Waals surface area contributed by atoms with Crippen molar-refractivity contribution in [2.24, 2.45) is 0 Å². The molecule has 0 heterocycles. The minimum Gasteiger partial charge on any atom is -0.457 e. The molecule has 0 aliphatic heterocycles. The van der Waals surface area contributed by atoms with Crippen molar-refractivity contribution in [1.29, 1.82) is 0 Å². The van der Waals surface area contributed by atoms with Crippen LogP contribution in [-0.4, -0.2) is 6.29 Å². The number of hydrogen-bond acceptors (Lipinski definition) is 2. The number of hydrogen-bond donors (Lipinski definition) is 0. The Balaban J connectivity index is 2.33. The maximum absolute atomic E-state index is 10.8. The van der Waals surface area contributed by atoms with Crippen molar-refractivity contribution in [3.05, 3.63) is 57.6 Å². The van der Waals surface area contributed by atoms with Gasteiger partial charge in [-0.15, -0.1) is 0 Å². The number of halogens is 1. The van der Waals surface area contributed by atoms with Crippen LogP contribution < -0.4 is 4.74 Å². The van der Waals surface area contributed by atoms with Gasteiger partial charge >= 0.3 is 0 Å². The zero-order chi connectivity index (χ0) is 13.1. The van der Waals surface area contributed by atoms with Gasteiger partial charge in [0.05, 0.1) is 0 Å². The van der Waals surface area contributed by atoms with Gasteiger partial charge in [-0.25, -0.2) is 0 Å². The van der Waals surface area contributed by atoms with Crippen molar-refractivity contribution in [2.45, 2.75) is 13.8 Å². The average Bonchev–Trinajstić information content (AvgIpc) is 2.36. The fraction of sp³-hybridized carbons (Fsp3) is 0.133. The molecule has 0 saturated carbocycles. The third-order valence-electron chi connectivity index (χ3n) is 2.71. The predicted molar refractivity (Wildman–Crippen MR) is 75.5 cm³/mol. The highest BCUT2D eigenvalue weighted by Crippen LogP contribution is 2.28. The first-order valence-electron chi connectivity index (χ1n) is 5.60. The molecule has 0 bridgehead atoms. The summed E-state index contributed by atoms with van der Waals surface area (Å²) in [5.74, 6) is 1.48. The quantitative estimate of drug-likeness (QED) is 0.770. The van der Waals surface area contributed by atoms with E-state index in [2.05, 4.69) is 15.9 Å². The van der Waals surface area contributed by atoms with E-state index in [9.17, 15) is 4.79 Å². The molecule has 0 radical (unpaired) electrons. The number of carbonyl (C=O) groups excluding carboxylic acids is 1. The van der Waals surface area contributed by atoms with Gasteiger partial charge in [0.15, 0.2) is 0 Å². The van der Waals surface area contributed by atoms with E-state index < -0.39 is 0 Å². The second kappa shape index (κ2) is 5.36. The molecule has 0 aliphatic rings. The van der Waals surface area contributed by atoms with Crippen LogP contribution in [-0.2, 0) is 0 Å². The summed E-state index contributed by atoms with van der Waals surface area (Å²) in [7, 11) is 0.